The van der Waals surface area contributed by atoms with Gasteiger partial charge in [-0.2, -0.15) is 10.4 Å². The number of nitriles is 1. The van der Waals surface area contributed by atoms with Crippen molar-refractivity contribution in [3.63, 3.8) is 0 Å². The Morgan fingerprint density at radius 3 is 2.21 bits per heavy atom. The molecule has 15 nitrogen and oxygen atoms in total. The molecule has 0 aromatic carbocycles. The predicted molar refractivity (Wildman–Crippen MR) is 130 cm³/mol. The van der Waals surface area contributed by atoms with Gasteiger partial charge in [0.1, 0.15) is 30.6 Å². The highest BCUT2D eigenvalue weighted by molar-refractivity contribution is 5.67. The Balaban J connectivity index is 2.10. The monoisotopic (exact) mass is 549 g/mol. The van der Waals surface area contributed by atoms with Crippen molar-refractivity contribution in [3.05, 3.63) is 24.2 Å². The third kappa shape index (κ3) is 6.58. The normalized spacial score (nSPS) is 22.5. The molecule has 3 rings (SSSR count). The van der Waals surface area contributed by atoms with Crippen LogP contribution in [0.15, 0.2) is 18.5 Å². The lowest BCUT2D eigenvalue weighted by atomic mass is 9.92. The molecule has 4 atom stereocenters. The average molecular weight is 550 g/mol. The maximum atomic E-state index is 12.7. The molecule has 2 aromatic rings. The lowest BCUT2D eigenvalue weighted by Gasteiger charge is -2.28. The molecule has 1 fully saturated rings. The van der Waals surface area contributed by atoms with E-state index in [0.717, 1.165) is 6.33 Å². The fraction of sp³-hybridized carbons (Fsp3) is 0.583. The Bertz CT molecular complexity index is 1240. The maximum Gasteiger partial charge on any atom is 0.509 e. The van der Waals surface area contributed by atoms with Crippen molar-refractivity contribution in [1.29, 1.82) is 5.26 Å². The van der Waals surface area contributed by atoms with Crippen molar-refractivity contribution in [2.75, 3.05) is 12.3 Å². The van der Waals surface area contributed by atoms with Gasteiger partial charge in [-0.3, -0.25) is 0 Å². The van der Waals surface area contributed by atoms with Gasteiger partial charge < -0.3 is 38.9 Å². The lowest BCUT2D eigenvalue weighted by molar-refractivity contribution is -0.0829. The number of aromatic nitrogens is 3. The smallest absolute Gasteiger partial charge is 0.432 e. The van der Waals surface area contributed by atoms with Crippen LogP contribution in [0.25, 0.3) is 5.52 Å². The summed E-state index contributed by atoms with van der Waals surface area (Å²) in [5.74, 6) is 0.101. The van der Waals surface area contributed by atoms with Crippen LogP contribution in [0.5, 0.6) is 0 Å². The van der Waals surface area contributed by atoms with E-state index < -0.39 is 67.3 Å². The number of hydrogen-bond donors (Lipinski definition) is 1. The minimum atomic E-state index is -2.15. The second-order valence-electron chi connectivity index (χ2n) is 9.35. The quantitative estimate of drug-likeness (QED) is 0.372. The van der Waals surface area contributed by atoms with Crippen LogP contribution in [-0.2, 0) is 38.8 Å². The molecule has 212 valence electrons. The summed E-state index contributed by atoms with van der Waals surface area (Å²) in [5, 5.41) is 14.6. The van der Waals surface area contributed by atoms with Gasteiger partial charge in [0.15, 0.2) is 18.0 Å². The number of carbonyl (C=O) groups excluding carboxylic acids is 3. The van der Waals surface area contributed by atoms with Crippen LogP contribution in [-0.4, -0.2) is 76.3 Å². The molecule has 2 aromatic heterocycles. The Morgan fingerprint density at radius 2 is 1.62 bits per heavy atom. The molecule has 0 unspecified atom stereocenters. The third-order valence-electron chi connectivity index (χ3n) is 5.25. The van der Waals surface area contributed by atoms with Gasteiger partial charge in [-0.15, -0.1) is 0 Å². The zero-order valence-corrected chi connectivity index (χ0v) is 22.4. The number of nitrogens with zero attached hydrogens (tertiary/aromatic N) is 4. The SMILES string of the molecule is CC(C)OC(=O)OC[C@H]1O[C@@](C#N)(c2ccc3c(N)ncnn23)[C@H](OC(=O)OC(C)C)[C@@H]1OC(=O)OC(C)C. The molecule has 2 N–H and O–H groups in total. The summed E-state index contributed by atoms with van der Waals surface area (Å²) in [7, 11) is 0. The van der Waals surface area contributed by atoms with E-state index in [-0.39, 0.29) is 11.5 Å². The Morgan fingerprint density at radius 1 is 1.03 bits per heavy atom. The van der Waals surface area contributed by atoms with Gasteiger partial charge in [-0.05, 0) is 53.7 Å². The molecule has 0 bridgehead atoms. The minimum absolute atomic E-state index is 0.0644. The third-order valence-corrected chi connectivity index (χ3v) is 5.25. The molecule has 15 heteroatoms. The summed E-state index contributed by atoms with van der Waals surface area (Å²) < 4.78 is 38.8. The Labute approximate surface area is 224 Å². The van der Waals surface area contributed by atoms with E-state index in [4.69, 9.17) is 38.9 Å². The fourth-order valence-electron chi connectivity index (χ4n) is 3.84. The highest BCUT2D eigenvalue weighted by Crippen LogP contribution is 2.44. The summed E-state index contributed by atoms with van der Waals surface area (Å²) in [6.45, 7) is 9.08. The first-order valence-corrected chi connectivity index (χ1v) is 12.1. The molecular weight excluding hydrogens is 518 g/mol. The van der Waals surface area contributed by atoms with Gasteiger partial charge in [0.25, 0.3) is 0 Å². The summed E-state index contributed by atoms with van der Waals surface area (Å²) in [6, 6.07) is 5.01. The molecule has 0 saturated carbocycles. The second-order valence-corrected chi connectivity index (χ2v) is 9.35. The molecule has 1 saturated heterocycles. The van der Waals surface area contributed by atoms with Crippen molar-refractivity contribution in [1.82, 2.24) is 14.6 Å². The molecule has 39 heavy (non-hydrogen) atoms. The Kier molecular flexibility index (Phi) is 9.02. The van der Waals surface area contributed by atoms with E-state index in [1.807, 2.05) is 6.07 Å². The van der Waals surface area contributed by atoms with Crippen LogP contribution >= 0.6 is 0 Å². The molecule has 0 aliphatic carbocycles. The van der Waals surface area contributed by atoms with E-state index in [0.29, 0.717) is 5.52 Å². The molecule has 1 aliphatic heterocycles. The van der Waals surface area contributed by atoms with E-state index in [1.54, 1.807) is 41.5 Å². The van der Waals surface area contributed by atoms with Crippen LogP contribution in [0.3, 0.4) is 0 Å². The van der Waals surface area contributed by atoms with Crippen LogP contribution in [0.1, 0.15) is 47.2 Å². The van der Waals surface area contributed by atoms with Gasteiger partial charge in [0.05, 0.1) is 24.0 Å². The highest BCUT2D eigenvalue weighted by Gasteiger charge is 2.63. The van der Waals surface area contributed by atoms with E-state index in [9.17, 15) is 19.6 Å². The van der Waals surface area contributed by atoms with Crippen LogP contribution in [0, 0.1) is 11.3 Å². The highest BCUT2D eigenvalue weighted by atomic mass is 16.8. The zero-order valence-electron chi connectivity index (χ0n) is 22.4. The van der Waals surface area contributed by atoms with Crippen molar-refractivity contribution < 1.29 is 47.5 Å². The van der Waals surface area contributed by atoms with Crippen LogP contribution < -0.4 is 5.73 Å². The van der Waals surface area contributed by atoms with Crippen molar-refractivity contribution in [3.8, 4) is 6.07 Å². The summed E-state index contributed by atoms with van der Waals surface area (Å²) >= 11 is 0. The standard InChI is InChI=1S/C24H31N5O10/c1-12(2)34-21(30)33-9-16-18(37-22(31)35-13(3)4)19(38-23(32)36-14(5)6)24(10-25,39-16)17-8-7-15-20(26)27-11-28-29(15)17/h7-8,11-14,16,18-19H,9H2,1-6H3,(H2,26,27,28)/t16-,18-,19-,24+/m1/s1. The first-order chi connectivity index (χ1) is 18.4. The van der Waals surface area contributed by atoms with Crippen LogP contribution in [0.2, 0.25) is 0 Å². The molecule has 1 aliphatic rings. The van der Waals surface area contributed by atoms with Crippen molar-refractivity contribution in [2.24, 2.45) is 0 Å². The molecule has 3 heterocycles. The first kappa shape index (κ1) is 29.2. The number of carbonyl (C=O) groups is 3. The molecule has 0 spiro atoms. The molecule has 0 amide bonds. The van der Waals surface area contributed by atoms with E-state index >= 15 is 0 Å². The van der Waals surface area contributed by atoms with E-state index in [1.165, 1.54) is 16.6 Å². The topological polar surface area (TPSA) is 196 Å². The number of ether oxygens (including phenoxy) is 7. The summed E-state index contributed by atoms with van der Waals surface area (Å²) in [5.41, 5.74) is 4.19. The number of nitrogen functional groups attached to an aromatic ring is 1. The zero-order chi connectivity index (χ0) is 28.9. The number of rotatable bonds is 8. The minimum Gasteiger partial charge on any atom is -0.432 e. The molecule has 0 radical (unpaired) electrons. The summed E-state index contributed by atoms with van der Waals surface area (Å²) in [6.07, 6.45) is -8.27. The van der Waals surface area contributed by atoms with E-state index in [2.05, 4.69) is 10.1 Å². The first-order valence-electron chi connectivity index (χ1n) is 12.1. The lowest BCUT2D eigenvalue weighted by Crippen LogP contribution is -2.46. The van der Waals surface area contributed by atoms with Gasteiger partial charge in [0, 0.05) is 0 Å². The Hall–Kier alpha value is -4.32. The second kappa shape index (κ2) is 12.0. The maximum absolute atomic E-state index is 12.7. The van der Waals surface area contributed by atoms with Gasteiger partial charge in [0.2, 0.25) is 5.60 Å². The largest absolute Gasteiger partial charge is 0.509 e. The number of hydrogen-bond acceptors (Lipinski definition) is 14. The van der Waals surface area contributed by atoms with Gasteiger partial charge >= 0.3 is 18.5 Å². The average Bonchev–Trinajstić information content (AvgIpc) is 3.38. The number of anilines is 1. The van der Waals surface area contributed by atoms with Gasteiger partial charge in [-0.25, -0.2) is 23.9 Å². The molecular formula is C24H31N5O10. The number of fused-ring (bicyclic) bond motifs is 1. The van der Waals surface area contributed by atoms with Crippen LogP contribution in [0.4, 0.5) is 20.2 Å². The summed E-state index contributed by atoms with van der Waals surface area (Å²) in [4.78, 5) is 41.2. The number of nitrogens with two attached hydrogens (primary N) is 1. The van der Waals surface area contributed by atoms with Crippen molar-refractivity contribution >= 4 is 29.8 Å². The predicted octanol–water partition coefficient (Wildman–Crippen LogP) is 2.85. The van der Waals surface area contributed by atoms with Gasteiger partial charge in [-0.1, -0.05) is 0 Å². The van der Waals surface area contributed by atoms with Crippen molar-refractivity contribution in [2.45, 2.75) is 83.8 Å². The fourth-order valence-corrected chi connectivity index (χ4v) is 3.84.